The van der Waals surface area contributed by atoms with Crippen LogP contribution in [0.15, 0.2) is 17.5 Å². The number of likely N-dealkylation sites (N-methyl/N-ethyl adjacent to an activating group) is 1. The number of amides is 1. The fourth-order valence-corrected chi connectivity index (χ4v) is 1.97. The number of hydrogen-bond donors (Lipinski definition) is 1. The van der Waals surface area contributed by atoms with Crippen LogP contribution in [-0.2, 0) is 11.3 Å². The molecule has 2 N–H and O–H groups in total. The third-order valence-corrected chi connectivity index (χ3v) is 2.87. The lowest BCUT2D eigenvalue weighted by molar-refractivity contribution is -0.131. The van der Waals surface area contributed by atoms with Crippen LogP contribution in [0.3, 0.4) is 0 Å². The normalized spacial score (nSPS) is 11.8. The molecule has 0 fully saturated rings. The average molecular weight is 222 g/mol. The Morgan fingerprint density at radius 3 is 3.07 bits per heavy atom. The van der Waals surface area contributed by atoms with E-state index in [-0.39, 0.29) is 12.3 Å². The smallest absolute Gasteiger partial charge is 0.240 e. The van der Waals surface area contributed by atoms with Gasteiger partial charge in [0, 0.05) is 18.3 Å². The number of nitrogens with two attached hydrogens (primary N) is 1. The van der Waals surface area contributed by atoms with Crippen molar-refractivity contribution >= 4 is 17.2 Å². The minimum atomic E-state index is -0.583. The second kappa shape index (κ2) is 5.54. The summed E-state index contributed by atoms with van der Waals surface area (Å²) < 4.78 is 0. The van der Waals surface area contributed by atoms with Gasteiger partial charge in [-0.3, -0.25) is 4.79 Å². The Labute approximate surface area is 93.9 Å². The maximum atomic E-state index is 11.7. The Morgan fingerprint density at radius 2 is 2.53 bits per heavy atom. The van der Waals surface area contributed by atoms with Crippen molar-refractivity contribution in [2.75, 3.05) is 7.05 Å². The van der Waals surface area contributed by atoms with Crippen LogP contribution in [0.5, 0.6) is 0 Å². The van der Waals surface area contributed by atoms with Gasteiger partial charge in [0.15, 0.2) is 0 Å². The van der Waals surface area contributed by atoms with Gasteiger partial charge in [-0.25, -0.2) is 0 Å². The Morgan fingerprint density at radius 1 is 1.80 bits per heavy atom. The van der Waals surface area contributed by atoms with Gasteiger partial charge in [-0.15, -0.1) is 23.7 Å². The molecule has 0 aliphatic rings. The summed E-state index contributed by atoms with van der Waals surface area (Å²) in [5, 5.41) is 1.98. The lowest BCUT2D eigenvalue weighted by Crippen LogP contribution is -2.40. The Kier molecular flexibility index (Phi) is 4.35. The summed E-state index contributed by atoms with van der Waals surface area (Å²) in [6.45, 7) is 0.592. The molecule has 80 valence electrons. The molecule has 0 aliphatic heterocycles. The summed E-state index contributed by atoms with van der Waals surface area (Å²) in [4.78, 5) is 14.4. The van der Waals surface area contributed by atoms with Gasteiger partial charge in [-0.05, 0) is 11.4 Å². The molecule has 1 aromatic rings. The van der Waals surface area contributed by atoms with Crippen LogP contribution in [0, 0.1) is 12.3 Å². The van der Waals surface area contributed by atoms with Crippen molar-refractivity contribution in [3.05, 3.63) is 22.4 Å². The molecule has 0 aromatic carbocycles. The standard InChI is InChI=1S/C11H14N2OS/c1-3-5-10(12)11(14)13(2)8-9-6-4-7-15-9/h1,4,6-7,10H,5,8,12H2,2H3. The molecule has 1 atom stereocenters. The molecule has 0 radical (unpaired) electrons. The third kappa shape index (κ3) is 3.39. The fraction of sp³-hybridized carbons (Fsp3) is 0.364. The lowest BCUT2D eigenvalue weighted by atomic mass is 10.2. The van der Waals surface area contributed by atoms with Crippen LogP contribution in [0.2, 0.25) is 0 Å². The quantitative estimate of drug-likeness (QED) is 0.774. The molecule has 1 amide bonds. The van der Waals surface area contributed by atoms with Crippen molar-refractivity contribution in [2.24, 2.45) is 5.73 Å². The van der Waals surface area contributed by atoms with Crippen LogP contribution in [0.4, 0.5) is 0 Å². The second-order valence-corrected chi connectivity index (χ2v) is 4.32. The zero-order valence-electron chi connectivity index (χ0n) is 8.64. The number of terminal acetylenes is 1. The van der Waals surface area contributed by atoms with Gasteiger partial charge in [0.1, 0.15) is 0 Å². The molecule has 1 unspecified atom stereocenters. The highest BCUT2D eigenvalue weighted by Crippen LogP contribution is 2.11. The number of hydrogen-bond acceptors (Lipinski definition) is 3. The molecule has 0 spiro atoms. The molecule has 0 saturated heterocycles. The predicted octanol–water partition coefficient (Wildman–Crippen LogP) is 1.06. The van der Waals surface area contributed by atoms with Crippen molar-refractivity contribution < 1.29 is 4.79 Å². The first-order valence-corrected chi connectivity index (χ1v) is 5.49. The van der Waals surface area contributed by atoms with E-state index in [1.54, 1.807) is 23.3 Å². The molecule has 0 bridgehead atoms. The molecule has 1 heterocycles. The van der Waals surface area contributed by atoms with E-state index < -0.39 is 6.04 Å². The average Bonchev–Trinajstić information content (AvgIpc) is 2.69. The van der Waals surface area contributed by atoms with Crippen LogP contribution >= 0.6 is 11.3 Å². The van der Waals surface area contributed by atoms with Gasteiger partial charge in [0.05, 0.1) is 12.6 Å². The molecule has 0 aliphatic carbocycles. The maximum absolute atomic E-state index is 11.7. The van der Waals surface area contributed by atoms with Gasteiger partial charge >= 0.3 is 0 Å². The third-order valence-electron chi connectivity index (χ3n) is 2.00. The Balaban J connectivity index is 2.50. The van der Waals surface area contributed by atoms with Gasteiger partial charge in [-0.1, -0.05) is 6.07 Å². The molecule has 0 saturated carbocycles. The first-order valence-electron chi connectivity index (χ1n) is 4.61. The Bertz CT molecular complexity index is 353. The summed E-state index contributed by atoms with van der Waals surface area (Å²) >= 11 is 1.62. The largest absolute Gasteiger partial charge is 0.339 e. The van der Waals surface area contributed by atoms with Gasteiger partial charge in [0.2, 0.25) is 5.91 Å². The van der Waals surface area contributed by atoms with Crippen molar-refractivity contribution in [1.82, 2.24) is 4.90 Å². The first-order chi connectivity index (χ1) is 7.15. The number of rotatable bonds is 4. The fourth-order valence-electron chi connectivity index (χ4n) is 1.21. The van der Waals surface area contributed by atoms with Crippen molar-refractivity contribution in [3.8, 4) is 12.3 Å². The summed E-state index contributed by atoms with van der Waals surface area (Å²) in [5.41, 5.74) is 5.63. The van der Waals surface area contributed by atoms with Crippen LogP contribution in [0.25, 0.3) is 0 Å². The van der Waals surface area contributed by atoms with Gasteiger partial charge in [0.25, 0.3) is 0 Å². The molecule has 4 heteroatoms. The highest BCUT2D eigenvalue weighted by atomic mass is 32.1. The van der Waals surface area contributed by atoms with Gasteiger partial charge < -0.3 is 10.6 Å². The van der Waals surface area contributed by atoms with Crippen molar-refractivity contribution in [2.45, 2.75) is 19.0 Å². The molecular formula is C11H14N2OS. The van der Waals surface area contributed by atoms with Crippen LogP contribution in [-0.4, -0.2) is 23.9 Å². The van der Waals surface area contributed by atoms with Crippen LogP contribution in [0.1, 0.15) is 11.3 Å². The van der Waals surface area contributed by atoms with E-state index in [1.165, 1.54) is 0 Å². The summed E-state index contributed by atoms with van der Waals surface area (Å²) in [6.07, 6.45) is 5.39. The second-order valence-electron chi connectivity index (χ2n) is 3.29. The first kappa shape index (κ1) is 11.8. The zero-order chi connectivity index (χ0) is 11.3. The van der Waals surface area contributed by atoms with E-state index in [0.29, 0.717) is 6.54 Å². The summed E-state index contributed by atoms with van der Waals surface area (Å²) in [5.74, 6) is 2.28. The van der Waals surface area contributed by atoms with E-state index in [1.807, 2.05) is 17.5 Å². The molecular weight excluding hydrogens is 208 g/mol. The SMILES string of the molecule is C#CCC(N)C(=O)N(C)Cc1cccs1. The maximum Gasteiger partial charge on any atom is 0.240 e. The lowest BCUT2D eigenvalue weighted by Gasteiger charge is -2.19. The van der Waals surface area contributed by atoms with Crippen LogP contribution < -0.4 is 5.73 Å². The van der Waals surface area contributed by atoms with E-state index in [9.17, 15) is 4.79 Å². The number of carbonyl (C=O) groups is 1. The van der Waals surface area contributed by atoms with E-state index in [2.05, 4.69) is 5.92 Å². The van der Waals surface area contributed by atoms with Crippen molar-refractivity contribution in [1.29, 1.82) is 0 Å². The highest BCUT2D eigenvalue weighted by molar-refractivity contribution is 7.09. The minimum absolute atomic E-state index is 0.110. The minimum Gasteiger partial charge on any atom is -0.339 e. The Hall–Kier alpha value is -1.31. The summed E-state index contributed by atoms with van der Waals surface area (Å²) in [7, 11) is 1.73. The van der Waals surface area contributed by atoms with E-state index in [0.717, 1.165) is 4.88 Å². The molecule has 3 nitrogen and oxygen atoms in total. The topological polar surface area (TPSA) is 46.3 Å². The zero-order valence-corrected chi connectivity index (χ0v) is 9.46. The molecule has 1 rings (SSSR count). The number of carbonyl (C=O) groups excluding carboxylic acids is 1. The highest BCUT2D eigenvalue weighted by Gasteiger charge is 2.17. The van der Waals surface area contributed by atoms with Gasteiger partial charge in [-0.2, -0.15) is 0 Å². The molecule has 1 aromatic heterocycles. The number of nitrogens with zero attached hydrogens (tertiary/aromatic N) is 1. The summed E-state index contributed by atoms with van der Waals surface area (Å²) in [6, 6.07) is 3.36. The van der Waals surface area contributed by atoms with E-state index >= 15 is 0 Å². The predicted molar refractivity (Wildman–Crippen MR) is 62.2 cm³/mol. The monoisotopic (exact) mass is 222 g/mol. The molecule has 15 heavy (non-hydrogen) atoms. The number of thiophene rings is 1. The van der Waals surface area contributed by atoms with E-state index in [4.69, 9.17) is 12.2 Å². The van der Waals surface area contributed by atoms with Crippen molar-refractivity contribution in [3.63, 3.8) is 0 Å².